The number of benzene rings is 2. The highest BCUT2D eigenvalue weighted by atomic mass is 32.1. The van der Waals surface area contributed by atoms with Crippen LogP contribution in [0.5, 0.6) is 0 Å². The first kappa shape index (κ1) is 30.5. The maximum absolute atomic E-state index is 13.9. The van der Waals surface area contributed by atoms with Crippen LogP contribution < -0.4 is 4.90 Å². The van der Waals surface area contributed by atoms with Crippen LogP contribution in [0.1, 0.15) is 51.3 Å². The van der Waals surface area contributed by atoms with Gasteiger partial charge in [0.1, 0.15) is 5.82 Å². The molecule has 2 aromatic heterocycles. The monoisotopic (exact) mass is 592 g/mol. The topological polar surface area (TPSA) is 68.1 Å². The van der Waals surface area contributed by atoms with E-state index in [1.165, 1.54) is 23.5 Å². The van der Waals surface area contributed by atoms with E-state index in [2.05, 4.69) is 4.98 Å². The number of rotatable bonds is 6. The number of nitrogens with zero attached hydrogens (tertiary/aromatic N) is 4. The molecule has 12 heteroatoms. The molecular formula is C27H27F3N4O2S3. The molecule has 0 radical (unpaired) electrons. The van der Waals surface area contributed by atoms with Gasteiger partial charge in [-0.2, -0.15) is 45.3 Å². The van der Waals surface area contributed by atoms with Gasteiger partial charge in [0.25, 0.3) is 0 Å². The summed E-state index contributed by atoms with van der Waals surface area (Å²) in [5, 5.41) is 4.76. The number of anilines is 1. The molecule has 39 heavy (non-hydrogen) atoms. The Labute approximate surface area is 241 Å². The number of aromatic nitrogens is 3. The van der Waals surface area contributed by atoms with E-state index >= 15 is 0 Å². The number of fused-ring (bicyclic) bond motifs is 1. The minimum atomic E-state index is -4.57. The van der Waals surface area contributed by atoms with Crippen molar-refractivity contribution in [2.75, 3.05) is 11.4 Å². The molecule has 1 aliphatic heterocycles. The van der Waals surface area contributed by atoms with Gasteiger partial charge in [-0.1, -0.05) is 30.3 Å². The van der Waals surface area contributed by atoms with Crippen LogP contribution in [-0.4, -0.2) is 33.0 Å². The average molecular weight is 593 g/mol. The van der Waals surface area contributed by atoms with Crippen molar-refractivity contribution in [1.82, 2.24) is 14.8 Å². The second-order valence-corrected chi connectivity index (χ2v) is 9.76. The molecule has 0 saturated heterocycles. The van der Waals surface area contributed by atoms with Gasteiger partial charge in [0, 0.05) is 41.1 Å². The highest BCUT2D eigenvalue weighted by Crippen LogP contribution is 2.48. The van der Waals surface area contributed by atoms with E-state index in [0.717, 1.165) is 28.3 Å². The van der Waals surface area contributed by atoms with Crippen LogP contribution in [0.25, 0.3) is 5.69 Å². The van der Waals surface area contributed by atoms with Gasteiger partial charge in [-0.25, -0.2) is 4.68 Å². The lowest BCUT2D eigenvalue weighted by molar-refractivity contribution is -0.137. The van der Waals surface area contributed by atoms with E-state index < -0.39 is 29.4 Å². The Morgan fingerprint density at radius 3 is 2.41 bits per heavy atom. The number of amides is 1. The summed E-state index contributed by atoms with van der Waals surface area (Å²) in [7, 11) is 0. The number of Topliss-reactive ketones (excluding diaryl/α,β-unsaturated/α-hetero) is 1. The molecule has 0 aliphatic carbocycles. The summed E-state index contributed by atoms with van der Waals surface area (Å²) >= 11 is 1.37. The summed E-state index contributed by atoms with van der Waals surface area (Å²) < 4.78 is 41.5. The number of aryl methyl sites for hydroxylation is 1. The Bertz CT molecular complexity index is 1460. The molecule has 0 fully saturated rings. The van der Waals surface area contributed by atoms with E-state index in [1.54, 1.807) is 21.3 Å². The predicted octanol–water partition coefficient (Wildman–Crippen LogP) is 6.27. The lowest BCUT2D eigenvalue weighted by Gasteiger charge is -2.37. The molecule has 3 heterocycles. The summed E-state index contributed by atoms with van der Waals surface area (Å²) in [4.78, 5) is 33.9. The molecule has 5 rings (SSSR count). The smallest absolute Gasteiger partial charge is 0.296 e. The van der Waals surface area contributed by atoms with E-state index in [4.69, 9.17) is 5.10 Å². The van der Waals surface area contributed by atoms with Crippen LogP contribution in [0.15, 0.2) is 66.3 Å². The maximum atomic E-state index is 13.9. The van der Waals surface area contributed by atoms with Crippen molar-refractivity contribution in [3.8, 4) is 5.69 Å². The summed E-state index contributed by atoms with van der Waals surface area (Å²) in [6.45, 7) is 4.05. The molecule has 1 aliphatic rings. The Kier molecular flexibility index (Phi) is 9.35. The van der Waals surface area contributed by atoms with Gasteiger partial charge in [0.2, 0.25) is 5.91 Å². The van der Waals surface area contributed by atoms with E-state index in [9.17, 15) is 22.8 Å². The Morgan fingerprint density at radius 1 is 1.08 bits per heavy atom. The van der Waals surface area contributed by atoms with Crippen LogP contribution in [0.3, 0.4) is 0 Å². The van der Waals surface area contributed by atoms with Crippen molar-refractivity contribution in [1.29, 1.82) is 0 Å². The standard InChI is InChI=1S/C27H23F3N4O2S.2H2S/c1-3-33-25-23(16(2)32-34(25)19-10-5-4-6-11-19)24(22-14-31-15-37-22)20(26(33)36)13-21(35)17-8-7-9-18(12-17)27(28,29)30;;/h4-12,14-15,20,24H,3,13H2,1-2H3;2*1H2/t20-,24-;;/m0../s1. The summed E-state index contributed by atoms with van der Waals surface area (Å²) in [5.74, 6) is -1.48. The number of thiazole rings is 1. The number of halogens is 3. The Hall–Kier alpha value is -3.09. The third-order valence-electron chi connectivity index (χ3n) is 6.63. The zero-order valence-electron chi connectivity index (χ0n) is 21.1. The third kappa shape index (κ3) is 5.64. The molecule has 2 atom stereocenters. The molecule has 1 amide bonds. The summed E-state index contributed by atoms with van der Waals surface area (Å²) in [6.07, 6.45) is -3.14. The number of carbonyl (C=O) groups is 2. The van der Waals surface area contributed by atoms with Crippen LogP contribution in [0.4, 0.5) is 19.0 Å². The summed E-state index contributed by atoms with van der Waals surface area (Å²) in [6, 6.07) is 13.8. The van der Waals surface area contributed by atoms with Crippen LogP contribution >= 0.6 is 38.3 Å². The van der Waals surface area contributed by atoms with Gasteiger partial charge in [-0.05, 0) is 38.1 Å². The molecule has 4 aromatic rings. The van der Waals surface area contributed by atoms with Crippen molar-refractivity contribution >= 4 is 55.8 Å². The third-order valence-corrected chi connectivity index (χ3v) is 7.48. The highest BCUT2D eigenvalue weighted by molar-refractivity contribution is 7.59. The molecular weight excluding hydrogens is 566 g/mol. The molecule has 2 aromatic carbocycles. The normalized spacial score (nSPS) is 16.7. The zero-order valence-corrected chi connectivity index (χ0v) is 23.9. The molecule has 0 saturated carbocycles. The molecule has 206 valence electrons. The van der Waals surface area contributed by atoms with Crippen LogP contribution in [0, 0.1) is 12.8 Å². The van der Waals surface area contributed by atoms with Gasteiger partial charge < -0.3 is 0 Å². The molecule has 0 bridgehead atoms. The van der Waals surface area contributed by atoms with Gasteiger partial charge in [-0.3, -0.25) is 19.5 Å². The van der Waals surface area contributed by atoms with Crippen molar-refractivity contribution in [2.24, 2.45) is 5.92 Å². The molecule has 6 nitrogen and oxygen atoms in total. The Balaban J connectivity index is 0.00000210. The average Bonchev–Trinajstić information content (AvgIpc) is 3.53. The number of hydrogen-bond acceptors (Lipinski definition) is 5. The SMILES string of the molecule is CCN1C(=O)[C@@H](CC(=O)c2cccc(C(F)(F)F)c2)[C@@H](c2cncs2)c2c(C)nn(-c3ccccc3)c21.S.S. The van der Waals surface area contributed by atoms with Crippen molar-refractivity contribution in [2.45, 2.75) is 32.4 Å². The van der Waals surface area contributed by atoms with E-state index in [1.807, 2.05) is 44.2 Å². The minimum absolute atomic E-state index is 0. The number of hydrogen-bond donors (Lipinski definition) is 0. The largest absolute Gasteiger partial charge is 0.416 e. The summed E-state index contributed by atoms with van der Waals surface area (Å²) in [5.41, 5.74) is 3.01. The van der Waals surface area contributed by atoms with Crippen molar-refractivity contribution < 1.29 is 22.8 Å². The first-order valence-electron chi connectivity index (χ1n) is 11.8. The van der Waals surface area contributed by atoms with Gasteiger partial charge >= 0.3 is 6.18 Å². The second kappa shape index (κ2) is 12.0. The highest BCUT2D eigenvalue weighted by Gasteiger charge is 2.46. The van der Waals surface area contributed by atoms with Gasteiger partial charge in [0.15, 0.2) is 5.78 Å². The van der Waals surface area contributed by atoms with Crippen LogP contribution in [0.2, 0.25) is 0 Å². The van der Waals surface area contributed by atoms with Crippen molar-refractivity contribution in [3.05, 3.63) is 93.6 Å². The number of para-hydroxylation sites is 1. The number of ketones is 1. The first-order chi connectivity index (χ1) is 17.7. The molecule has 0 unspecified atom stereocenters. The predicted molar refractivity (Wildman–Crippen MR) is 155 cm³/mol. The fourth-order valence-corrected chi connectivity index (χ4v) is 5.76. The van der Waals surface area contributed by atoms with E-state index in [-0.39, 0.29) is 44.9 Å². The lowest BCUT2D eigenvalue weighted by Crippen LogP contribution is -2.45. The fourth-order valence-electron chi connectivity index (χ4n) is 4.97. The van der Waals surface area contributed by atoms with Crippen LogP contribution in [-0.2, 0) is 11.0 Å². The first-order valence-corrected chi connectivity index (χ1v) is 12.6. The zero-order chi connectivity index (χ0) is 26.3. The number of carbonyl (C=O) groups excluding carboxylic acids is 2. The Morgan fingerprint density at radius 2 is 1.79 bits per heavy atom. The minimum Gasteiger partial charge on any atom is -0.296 e. The molecule has 0 spiro atoms. The number of alkyl halides is 3. The van der Waals surface area contributed by atoms with Gasteiger partial charge in [-0.15, -0.1) is 11.3 Å². The van der Waals surface area contributed by atoms with Gasteiger partial charge in [0.05, 0.1) is 28.4 Å². The second-order valence-electron chi connectivity index (χ2n) is 8.85. The molecule has 0 N–H and O–H groups in total. The lowest BCUT2D eigenvalue weighted by atomic mass is 9.77. The quantitative estimate of drug-likeness (QED) is 0.248. The van der Waals surface area contributed by atoms with E-state index in [0.29, 0.717) is 18.1 Å². The van der Waals surface area contributed by atoms with Crippen molar-refractivity contribution in [3.63, 3.8) is 0 Å². The maximum Gasteiger partial charge on any atom is 0.416 e. The fraction of sp³-hybridized carbons (Fsp3) is 0.259.